The van der Waals surface area contributed by atoms with Crippen LogP contribution in [0.2, 0.25) is 0 Å². The van der Waals surface area contributed by atoms with E-state index in [1.54, 1.807) is 31.4 Å². The van der Waals surface area contributed by atoms with E-state index in [4.69, 9.17) is 4.74 Å². The van der Waals surface area contributed by atoms with E-state index in [0.29, 0.717) is 5.56 Å². The number of methoxy groups -OCH3 is 1. The van der Waals surface area contributed by atoms with Crippen LogP contribution < -0.4 is 15.4 Å². The Labute approximate surface area is 173 Å². The second kappa shape index (κ2) is 9.76. The van der Waals surface area contributed by atoms with Gasteiger partial charge in [-0.15, -0.1) is 0 Å². The molecule has 2 aromatic rings. The summed E-state index contributed by atoms with van der Waals surface area (Å²) in [6.07, 6.45) is 0. The maximum Gasteiger partial charge on any atom is 0.315 e. The first kappa shape index (κ1) is 22.7. The molecule has 0 fully saturated rings. The van der Waals surface area contributed by atoms with E-state index in [2.05, 4.69) is 10.6 Å². The molecule has 158 valence electrons. The SMILES string of the molecule is COc1ccc(C(NC(=O)NCc2ccccc2S(=O)(=O)N(C)C)C(C)C)cc1. The third kappa shape index (κ3) is 5.71. The van der Waals surface area contributed by atoms with Gasteiger partial charge in [0.05, 0.1) is 18.0 Å². The van der Waals surface area contributed by atoms with Crippen LogP contribution in [0.25, 0.3) is 0 Å². The van der Waals surface area contributed by atoms with Crippen LogP contribution in [-0.2, 0) is 16.6 Å². The molecule has 29 heavy (non-hydrogen) atoms. The highest BCUT2D eigenvalue weighted by Crippen LogP contribution is 2.24. The Kier molecular flexibility index (Phi) is 7.64. The number of carbonyl (C=O) groups excluding carboxylic acids is 1. The van der Waals surface area contributed by atoms with Crippen molar-refractivity contribution in [3.05, 3.63) is 59.7 Å². The van der Waals surface area contributed by atoms with Crippen LogP contribution in [0.15, 0.2) is 53.4 Å². The standard InChI is InChI=1S/C21H29N3O4S/c1-15(2)20(16-10-12-18(28-5)13-11-16)23-21(25)22-14-17-8-6-7-9-19(17)29(26,27)24(3)4/h6-13,15,20H,14H2,1-5H3,(H2,22,23,25). The molecule has 2 rings (SSSR count). The Morgan fingerprint density at radius 3 is 2.24 bits per heavy atom. The molecule has 2 aromatic carbocycles. The van der Waals surface area contributed by atoms with E-state index < -0.39 is 10.0 Å². The first-order valence-electron chi connectivity index (χ1n) is 9.35. The summed E-state index contributed by atoms with van der Waals surface area (Å²) in [6, 6.07) is 13.6. The Hall–Kier alpha value is -2.58. The molecule has 0 saturated carbocycles. The molecule has 0 spiro atoms. The third-order valence-corrected chi connectivity index (χ3v) is 6.51. The van der Waals surface area contributed by atoms with Crippen molar-refractivity contribution in [2.75, 3.05) is 21.2 Å². The summed E-state index contributed by atoms with van der Waals surface area (Å²) in [6.45, 7) is 4.14. The van der Waals surface area contributed by atoms with Crippen LogP contribution in [0.3, 0.4) is 0 Å². The fraction of sp³-hybridized carbons (Fsp3) is 0.381. The molecular weight excluding hydrogens is 390 g/mol. The summed E-state index contributed by atoms with van der Waals surface area (Å²) in [5.74, 6) is 0.912. The molecule has 2 amide bonds. The summed E-state index contributed by atoms with van der Waals surface area (Å²) >= 11 is 0. The highest BCUT2D eigenvalue weighted by molar-refractivity contribution is 7.89. The van der Waals surface area contributed by atoms with Gasteiger partial charge in [-0.3, -0.25) is 0 Å². The molecule has 0 aliphatic heterocycles. The molecule has 0 saturated heterocycles. The fourth-order valence-electron chi connectivity index (χ4n) is 2.91. The molecular formula is C21H29N3O4S. The van der Waals surface area contributed by atoms with Crippen molar-refractivity contribution in [2.24, 2.45) is 5.92 Å². The zero-order chi connectivity index (χ0) is 21.6. The van der Waals surface area contributed by atoms with Gasteiger partial charge in [0.2, 0.25) is 10.0 Å². The minimum absolute atomic E-state index is 0.0997. The highest BCUT2D eigenvalue weighted by atomic mass is 32.2. The van der Waals surface area contributed by atoms with Gasteiger partial charge in [0, 0.05) is 20.6 Å². The second-order valence-electron chi connectivity index (χ2n) is 7.22. The molecule has 0 heterocycles. The quantitative estimate of drug-likeness (QED) is 0.688. The van der Waals surface area contributed by atoms with Crippen molar-refractivity contribution >= 4 is 16.1 Å². The lowest BCUT2D eigenvalue weighted by Crippen LogP contribution is -2.39. The number of nitrogens with one attached hydrogen (secondary N) is 2. The van der Waals surface area contributed by atoms with Crippen molar-refractivity contribution in [1.29, 1.82) is 0 Å². The smallest absolute Gasteiger partial charge is 0.315 e. The van der Waals surface area contributed by atoms with Crippen molar-refractivity contribution < 1.29 is 17.9 Å². The van der Waals surface area contributed by atoms with Gasteiger partial charge in [0.1, 0.15) is 5.75 Å². The first-order valence-corrected chi connectivity index (χ1v) is 10.8. The summed E-state index contributed by atoms with van der Waals surface area (Å²) in [7, 11) is 0.975. The molecule has 1 atom stereocenters. The van der Waals surface area contributed by atoms with Gasteiger partial charge in [-0.2, -0.15) is 0 Å². The average Bonchev–Trinajstić information content (AvgIpc) is 2.70. The summed E-state index contributed by atoms with van der Waals surface area (Å²) in [5.41, 5.74) is 1.49. The van der Waals surface area contributed by atoms with Crippen LogP contribution in [-0.4, -0.2) is 40.0 Å². The number of rotatable bonds is 8. The zero-order valence-electron chi connectivity index (χ0n) is 17.5. The Morgan fingerprint density at radius 2 is 1.69 bits per heavy atom. The number of nitrogens with zero attached hydrogens (tertiary/aromatic N) is 1. The van der Waals surface area contributed by atoms with Crippen molar-refractivity contribution in [1.82, 2.24) is 14.9 Å². The minimum Gasteiger partial charge on any atom is -0.497 e. The molecule has 8 heteroatoms. The Bertz CT molecular complexity index is 925. The lowest BCUT2D eigenvalue weighted by Gasteiger charge is -2.23. The van der Waals surface area contributed by atoms with Crippen LogP contribution >= 0.6 is 0 Å². The molecule has 0 aliphatic carbocycles. The molecule has 2 N–H and O–H groups in total. The van der Waals surface area contributed by atoms with Gasteiger partial charge >= 0.3 is 6.03 Å². The topological polar surface area (TPSA) is 87.7 Å². The molecule has 0 radical (unpaired) electrons. The van der Waals surface area contributed by atoms with Crippen LogP contribution in [0, 0.1) is 5.92 Å². The maximum atomic E-state index is 12.5. The molecule has 0 bridgehead atoms. The van der Waals surface area contributed by atoms with E-state index in [1.807, 2.05) is 38.1 Å². The molecule has 7 nitrogen and oxygen atoms in total. The maximum absolute atomic E-state index is 12.5. The number of hydrogen-bond acceptors (Lipinski definition) is 4. The molecule has 0 aromatic heterocycles. The van der Waals surface area contributed by atoms with E-state index in [0.717, 1.165) is 15.6 Å². The number of urea groups is 1. The lowest BCUT2D eigenvalue weighted by molar-refractivity contribution is 0.232. The van der Waals surface area contributed by atoms with Crippen molar-refractivity contribution in [3.63, 3.8) is 0 Å². The van der Waals surface area contributed by atoms with Crippen molar-refractivity contribution in [3.8, 4) is 5.75 Å². The van der Waals surface area contributed by atoms with Crippen LogP contribution in [0.5, 0.6) is 5.75 Å². The number of hydrogen-bond donors (Lipinski definition) is 2. The predicted octanol–water partition coefficient (Wildman–Crippen LogP) is 3.14. The minimum atomic E-state index is -3.59. The number of benzene rings is 2. The van der Waals surface area contributed by atoms with Crippen LogP contribution in [0.1, 0.15) is 31.0 Å². The zero-order valence-corrected chi connectivity index (χ0v) is 18.3. The summed E-state index contributed by atoms with van der Waals surface area (Å²) in [4.78, 5) is 12.7. The van der Waals surface area contributed by atoms with Gasteiger partial charge < -0.3 is 15.4 Å². The Balaban J connectivity index is 2.10. The van der Waals surface area contributed by atoms with Crippen LogP contribution in [0.4, 0.5) is 4.79 Å². The van der Waals surface area contributed by atoms with Gasteiger partial charge in [-0.05, 0) is 35.2 Å². The van der Waals surface area contributed by atoms with Crippen molar-refractivity contribution in [2.45, 2.75) is 31.3 Å². The summed E-state index contributed by atoms with van der Waals surface area (Å²) < 4.78 is 31.3. The first-order chi connectivity index (χ1) is 13.7. The number of amides is 2. The largest absolute Gasteiger partial charge is 0.497 e. The Morgan fingerprint density at radius 1 is 1.07 bits per heavy atom. The number of ether oxygens (including phenoxy) is 1. The van der Waals surface area contributed by atoms with E-state index >= 15 is 0 Å². The monoisotopic (exact) mass is 419 g/mol. The predicted molar refractivity (Wildman–Crippen MR) is 113 cm³/mol. The molecule has 0 aliphatic rings. The van der Waals surface area contributed by atoms with E-state index in [1.165, 1.54) is 14.1 Å². The fourth-order valence-corrected chi connectivity index (χ4v) is 4.03. The number of carbonyl (C=O) groups is 1. The van der Waals surface area contributed by atoms with Gasteiger partial charge in [0.15, 0.2) is 0 Å². The van der Waals surface area contributed by atoms with Gasteiger partial charge in [0.25, 0.3) is 0 Å². The van der Waals surface area contributed by atoms with E-state index in [9.17, 15) is 13.2 Å². The van der Waals surface area contributed by atoms with Gasteiger partial charge in [-0.1, -0.05) is 44.2 Å². The van der Waals surface area contributed by atoms with Gasteiger partial charge in [-0.25, -0.2) is 17.5 Å². The normalized spacial score (nSPS) is 12.7. The average molecular weight is 420 g/mol. The third-order valence-electron chi connectivity index (χ3n) is 4.60. The van der Waals surface area contributed by atoms with E-state index in [-0.39, 0.29) is 29.4 Å². The second-order valence-corrected chi connectivity index (χ2v) is 9.34. The summed E-state index contributed by atoms with van der Waals surface area (Å²) in [5, 5.41) is 5.74. The lowest BCUT2D eigenvalue weighted by atomic mass is 9.96. The number of sulfonamides is 1. The highest BCUT2D eigenvalue weighted by Gasteiger charge is 2.22. The molecule has 1 unspecified atom stereocenters.